The zero-order valence-electron chi connectivity index (χ0n) is 13.7. The number of carbonyl (C=O) groups excluding carboxylic acids is 1. The fourth-order valence-electron chi connectivity index (χ4n) is 3.10. The van der Waals surface area contributed by atoms with Gasteiger partial charge in [-0.2, -0.15) is 0 Å². The van der Waals surface area contributed by atoms with Crippen LogP contribution in [0.15, 0.2) is 42.7 Å². The van der Waals surface area contributed by atoms with Gasteiger partial charge in [-0.05, 0) is 50.1 Å². The van der Waals surface area contributed by atoms with E-state index in [2.05, 4.69) is 5.32 Å². The van der Waals surface area contributed by atoms with Gasteiger partial charge >= 0.3 is 6.03 Å². The molecule has 2 N–H and O–H groups in total. The Labute approximate surface area is 146 Å². The normalized spacial score (nSPS) is 19.1. The van der Waals surface area contributed by atoms with Crippen molar-refractivity contribution in [2.75, 3.05) is 18.4 Å². The molecule has 2 unspecified atom stereocenters. The van der Waals surface area contributed by atoms with Gasteiger partial charge in [-0.1, -0.05) is 11.6 Å². The van der Waals surface area contributed by atoms with Crippen molar-refractivity contribution in [2.24, 2.45) is 5.92 Å². The highest BCUT2D eigenvalue weighted by Gasteiger charge is 2.26. The third kappa shape index (κ3) is 3.74. The largest absolute Gasteiger partial charge is 0.393 e. The Hall–Kier alpha value is -1.98. The number of likely N-dealkylation sites (tertiary alicyclic amines) is 1. The fraction of sp³-hybridized carbons (Fsp3) is 0.389. The molecule has 0 radical (unpaired) electrons. The van der Waals surface area contributed by atoms with Gasteiger partial charge in [0, 0.05) is 36.4 Å². The topological polar surface area (TPSA) is 57.5 Å². The minimum absolute atomic E-state index is 0.138. The van der Waals surface area contributed by atoms with Gasteiger partial charge in [-0.25, -0.2) is 4.79 Å². The zero-order chi connectivity index (χ0) is 17.1. The van der Waals surface area contributed by atoms with Crippen molar-refractivity contribution < 1.29 is 9.90 Å². The molecule has 1 fully saturated rings. The number of benzene rings is 1. The molecule has 1 aliphatic rings. The van der Waals surface area contributed by atoms with Gasteiger partial charge in [-0.3, -0.25) is 0 Å². The standard InChI is InChI=1S/C18H22ClN3O2/c1-13(23)14-5-4-10-22(12-14)18(24)20-16-7-6-15(19)11-17(16)21-8-2-3-9-21/h2-3,6-9,11,13-14,23H,4-5,10,12H2,1H3,(H,20,24). The molecule has 0 spiro atoms. The van der Waals surface area contributed by atoms with Crippen molar-refractivity contribution >= 4 is 23.3 Å². The average Bonchev–Trinajstić information content (AvgIpc) is 3.11. The summed E-state index contributed by atoms with van der Waals surface area (Å²) in [5, 5.41) is 13.4. The molecule has 2 heterocycles. The van der Waals surface area contributed by atoms with Crippen LogP contribution in [-0.2, 0) is 0 Å². The molecule has 1 aromatic carbocycles. The Morgan fingerprint density at radius 1 is 1.38 bits per heavy atom. The van der Waals surface area contributed by atoms with Crippen molar-refractivity contribution in [3.8, 4) is 5.69 Å². The van der Waals surface area contributed by atoms with Crippen LogP contribution in [0.1, 0.15) is 19.8 Å². The Kier molecular flexibility index (Phi) is 5.11. The highest BCUT2D eigenvalue weighted by atomic mass is 35.5. The SMILES string of the molecule is CC(O)C1CCCN(C(=O)Nc2ccc(Cl)cc2-n2cccc2)C1. The summed E-state index contributed by atoms with van der Waals surface area (Å²) in [6.07, 6.45) is 5.29. The number of nitrogens with one attached hydrogen (secondary N) is 1. The van der Waals surface area contributed by atoms with Gasteiger partial charge in [0.25, 0.3) is 0 Å². The molecule has 5 nitrogen and oxygen atoms in total. The van der Waals surface area contributed by atoms with Gasteiger partial charge in [-0.15, -0.1) is 0 Å². The van der Waals surface area contributed by atoms with Gasteiger partial charge in [0.05, 0.1) is 17.5 Å². The molecule has 6 heteroatoms. The van der Waals surface area contributed by atoms with E-state index in [9.17, 15) is 9.90 Å². The van der Waals surface area contributed by atoms with E-state index in [0.29, 0.717) is 23.8 Å². The number of nitrogens with zero attached hydrogens (tertiary/aromatic N) is 2. The van der Waals surface area contributed by atoms with E-state index in [0.717, 1.165) is 18.5 Å². The van der Waals surface area contributed by atoms with Gasteiger partial charge in [0.2, 0.25) is 0 Å². The van der Waals surface area contributed by atoms with E-state index in [-0.39, 0.29) is 11.9 Å². The molecule has 2 amide bonds. The van der Waals surface area contributed by atoms with Crippen molar-refractivity contribution in [3.05, 3.63) is 47.7 Å². The lowest BCUT2D eigenvalue weighted by Crippen LogP contribution is -2.44. The van der Waals surface area contributed by atoms with E-state index < -0.39 is 6.10 Å². The van der Waals surface area contributed by atoms with E-state index in [1.165, 1.54) is 0 Å². The molecule has 0 aliphatic carbocycles. The molecule has 24 heavy (non-hydrogen) atoms. The van der Waals surface area contributed by atoms with Crippen LogP contribution in [0.2, 0.25) is 5.02 Å². The summed E-state index contributed by atoms with van der Waals surface area (Å²) in [4.78, 5) is 14.4. The molecule has 1 aliphatic heterocycles. The maximum atomic E-state index is 12.6. The number of piperidine rings is 1. The fourth-order valence-corrected chi connectivity index (χ4v) is 3.27. The second-order valence-corrected chi connectivity index (χ2v) is 6.71. The highest BCUT2D eigenvalue weighted by Crippen LogP contribution is 2.26. The number of hydrogen-bond donors (Lipinski definition) is 2. The van der Waals surface area contributed by atoms with E-state index in [1.54, 1.807) is 17.9 Å². The quantitative estimate of drug-likeness (QED) is 0.888. The van der Waals surface area contributed by atoms with E-state index in [1.807, 2.05) is 41.2 Å². The Bertz CT molecular complexity index is 700. The van der Waals surface area contributed by atoms with Crippen LogP contribution in [0.25, 0.3) is 5.69 Å². The third-order valence-electron chi connectivity index (χ3n) is 4.51. The Morgan fingerprint density at radius 3 is 2.83 bits per heavy atom. The Balaban J connectivity index is 1.77. The zero-order valence-corrected chi connectivity index (χ0v) is 14.4. The molecule has 0 bridgehead atoms. The minimum atomic E-state index is -0.397. The smallest absolute Gasteiger partial charge is 0.321 e. The predicted octanol–water partition coefficient (Wildman–Crippen LogP) is 3.76. The second-order valence-electron chi connectivity index (χ2n) is 6.27. The first kappa shape index (κ1) is 16.9. The first-order valence-corrected chi connectivity index (χ1v) is 8.59. The van der Waals surface area contributed by atoms with Crippen molar-refractivity contribution in [1.82, 2.24) is 9.47 Å². The average molecular weight is 348 g/mol. The maximum absolute atomic E-state index is 12.6. The molecule has 0 saturated carbocycles. The first-order valence-electron chi connectivity index (χ1n) is 8.21. The summed E-state index contributed by atoms with van der Waals surface area (Å²) >= 11 is 6.11. The number of amides is 2. The number of aliphatic hydroxyl groups is 1. The number of halogens is 1. The van der Waals surface area contributed by atoms with Gasteiger partial charge in [0.15, 0.2) is 0 Å². The van der Waals surface area contributed by atoms with E-state index >= 15 is 0 Å². The lowest BCUT2D eigenvalue weighted by molar-refractivity contribution is 0.0766. The first-order chi connectivity index (χ1) is 11.5. The number of urea groups is 1. The molecule has 1 saturated heterocycles. The number of anilines is 1. The summed E-state index contributed by atoms with van der Waals surface area (Å²) in [7, 11) is 0. The van der Waals surface area contributed by atoms with Crippen molar-refractivity contribution in [2.45, 2.75) is 25.9 Å². The van der Waals surface area contributed by atoms with Gasteiger partial charge < -0.3 is 19.9 Å². The molecule has 128 valence electrons. The van der Waals surface area contributed by atoms with Crippen LogP contribution < -0.4 is 5.32 Å². The molecular weight excluding hydrogens is 326 g/mol. The number of aliphatic hydroxyl groups excluding tert-OH is 1. The number of aromatic nitrogens is 1. The van der Waals surface area contributed by atoms with Crippen LogP contribution in [-0.4, -0.2) is 39.8 Å². The molecule has 3 rings (SSSR count). The van der Waals surface area contributed by atoms with Crippen LogP contribution in [0, 0.1) is 5.92 Å². The van der Waals surface area contributed by atoms with E-state index in [4.69, 9.17) is 11.6 Å². The summed E-state index contributed by atoms with van der Waals surface area (Å²) in [5.41, 5.74) is 1.53. The summed E-state index contributed by atoms with van der Waals surface area (Å²) in [5.74, 6) is 0.138. The van der Waals surface area contributed by atoms with Crippen molar-refractivity contribution in [1.29, 1.82) is 0 Å². The monoisotopic (exact) mass is 347 g/mol. The molecule has 2 aromatic rings. The minimum Gasteiger partial charge on any atom is -0.393 e. The van der Waals surface area contributed by atoms with Crippen LogP contribution in [0.4, 0.5) is 10.5 Å². The summed E-state index contributed by atoms with van der Waals surface area (Å²) in [6.45, 7) is 3.08. The number of hydrogen-bond acceptors (Lipinski definition) is 2. The molecular formula is C18H22ClN3O2. The van der Waals surface area contributed by atoms with Crippen LogP contribution >= 0.6 is 11.6 Å². The lowest BCUT2D eigenvalue weighted by atomic mass is 9.94. The Morgan fingerprint density at radius 2 is 2.12 bits per heavy atom. The number of rotatable bonds is 3. The number of carbonyl (C=O) groups is 1. The second kappa shape index (κ2) is 7.28. The molecule has 2 atom stereocenters. The predicted molar refractivity (Wildman–Crippen MR) is 95.8 cm³/mol. The van der Waals surface area contributed by atoms with Crippen LogP contribution in [0.5, 0.6) is 0 Å². The van der Waals surface area contributed by atoms with Crippen molar-refractivity contribution in [3.63, 3.8) is 0 Å². The highest BCUT2D eigenvalue weighted by molar-refractivity contribution is 6.30. The summed E-state index contributed by atoms with van der Waals surface area (Å²) in [6, 6.07) is 9.10. The lowest BCUT2D eigenvalue weighted by Gasteiger charge is -2.34. The molecule has 1 aromatic heterocycles. The van der Waals surface area contributed by atoms with Crippen LogP contribution in [0.3, 0.4) is 0 Å². The third-order valence-corrected chi connectivity index (χ3v) is 4.75. The van der Waals surface area contributed by atoms with Gasteiger partial charge in [0.1, 0.15) is 0 Å². The summed E-state index contributed by atoms with van der Waals surface area (Å²) < 4.78 is 1.91. The maximum Gasteiger partial charge on any atom is 0.321 e.